The third-order valence-electron chi connectivity index (χ3n) is 5.10. The molecule has 5 nitrogen and oxygen atoms in total. The molecule has 0 radical (unpaired) electrons. The Morgan fingerprint density at radius 1 is 0.969 bits per heavy atom. The molecular formula is C27H22N2O3. The van der Waals surface area contributed by atoms with E-state index in [1.807, 2.05) is 48.5 Å². The summed E-state index contributed by atoms with van der Waals surface area (Å²) in [5, 5.41) is 0.495. The maximum Gasteiger partial charge on any atom is 0.337 e. The number of hydrogen-bond donors (Lipinski definition) is 0. The van der Waals surface area contributed by atoms with Gasteiger partial charge in [0.15, 0.2) is 0 Å². The first kappa shape index (κ1) is 21.1. The van der Waals surface area contributed by atoms with Crippen LogP contribution < -0.4 is 5.56 Å². The lowest BCUT2D eigenvalue weighted by molar-refractivity contribution is 0.0600. The van der Waals surface area contributed by atoms with Crippen molar-refractivity contribution in [1.29, 1.82) is 0 Å². The maximum atomic E-state index is 13.6. The van der Waals surface area contributed by atoms with Gasteiger partial charge in [0, 0.05) is 17.5 Å². The van der Waals surface area contributed by atoms with Gasteiger partial charge in [0.1, 0.15) is 5.82 Å². The van der Waals surface area contributed by atoms with Crippen molar-refractivity contribution in [2.45, 2.75) is 19.8 Å². The molecule has 0 unspecified atom stereocenters. The average molecular weight is 422 g/mol. The molecule has 4 aromatic rings. The number of methoxy groups -OCH3 is 1. The Morgan fingerprint density at radius 3 is 2.41 bits per heavy atom. The first-order valence-electron chi connectivity index (χ1n) is 10.4. The number of hydrogen-bond acceptors (Lipinski definition) is 4. The van der Waals surface area contributed by atoms with Crippen molar-refractivity contribution in [3.8, 4) is 17.5 Å². The fourth-order valence-electron chi connectivity index (χ4n) is 3.56. The number of fused-ring (bicyclic) bond motifs is 1. The zero-order chi connectivity index (χ0) is 22.5. The van der Waals surface area contributed by atoms with Crippen LogP contribution >= 0.6 is 0 Å². The van der Waals surface area contributed by atoms with Gasteiger partial charge < -0.3 is 4.74 Å². The molecule has 1 heterocycles. The van der Waals surface area contributed by atoms with Gasteiger partial charge in [-0.15, -0.1) is 0 Å². The number of para-hydroxylation sites is 1. The number of aryl methyl sites for hydroxylation is 1. The van der Waals surface area contributed by atoms with Gasteiger partial charge in [-0.1, -0.05) is 43.0 Å². The second-order valence-corrected chi connectivity index (χ2v) is 7.27. The van der Waals surface area contributed by atoms with E-state index >= 15 is 0 Å². The van der Waals surface area contributed by atoms with Crippen LogP contribution in [0.1, 0.15) is 40.7 Å². The molecule has 0 aliphatic rings. The van der Waals surface area contributed by atoms with Gasteiger partial charge in [-0.2, -0.15) is 0 Å². The molecule has 0 fully saturated rings. The first-order chi connectivity index (χ1) is 15.6. The fourth-order valence-corrected chi connectivity index (χ4v) is 3.56. The summed E-state index contributed by atoms with van der Waals surface area (Å²) in [5.74, 6) is 6.54. The van der Waals surface area contributed by atoms with E-state index in [0.29, 0.717) is 28.5 Å². The van der Waals surface area contributed by atoms with E-state index in [0.717, 1.165) is 23.5 Å². The Balaban J connectivity index is 1.85. The molecule has 4 rings (SSSR count). The lowest BCUT2D eigenvalue weighted by Gasteiger charge is -2.13. The number of ether oxygens (including phenoxy) is 1. The molecule has 0 spiro atoms. The predicted octanol–water partition coefficient (Wildman–Crippen LogP) is 4.52. The van der Waals surface area contributed by atoms with E-state index in [1.165, 1.54) is 7.11 Å². The lowest BCUT2D eigenvalue weighted by atomic mass is 10.1. The number of aromatic nitrogens is 2. The minimum Gasteiger partial charge on any atom is -0.465 e. The maximum absolute atomic E-state index is 13.6. The number of esters is 1. The quantitative estimate of drug-likeness (QED) is 0.358. The van der Waals surface area contributed by atoms with Crippen molar-refractivity contribution in [1.82, 2.24) is 9.55 Å². The molecule has 0 atom stereocenters. The molecule has 3 aromatic carbocycles. The number of benzene rings is 3. The second kappa shape index (κ2) is 9.32. The number of rotatable bonds is 4. The van der Waals surface area contributed by atoms with E-state index in [2.05, 4.69) is 18.8 Å². The summed E-state index contributed by atoms with van der Waals surface area (Å²) < 4.78 is 6.41. The molecule has 5 heteroatoms. The van der Waals surface area contributed by atoms with Gasteiger partial charge in [-0.3, -0.25) is 9.36 Å². The summed E-state index contributed by atoms with van der Waals surface area (Å²) in [4.78, 5) is 30.0. The van der Waals surface area contributed by atoms with Crippen molar-refractivity contribution >= 4 is 16.9 Å². The summed E-state index contributed by atoms with van der Waals surface area (Å²) in [6.07, 6.45) is 1.58. The van der Waals surface area contributed by atoms with E-state index in [-0.39, 0.29) is 5.56 Å². The van der Waals surface area contributed by atoms with Crippen molar-refractivity contribution < 1.29 is 9.53 Å². The van der Waals surface area contributed by atoms with E-state index < -0.39 is 5.97 Å². The topological polar surface area (TPSA) is 61.2 Å². The van der Waals surface area contributed by atoms with Gasteiger partial charge in [-0.25, -0.2) is 9.78 Å². The molecule has 0 aliphatic heterocycles. The molecular weight excluding hydrogens is 400 g/mol. The number of nitrogens with zero attached hydrogens (tertiary/aromatic N) is 2. The monoisotopic (exact) mass is 422 g/mol. The smallest absolute Gasteiger partial charge is 0.337 e. The normalized spacial score (nSPS) is 10.4. The number of carbonyl (C=O) groups excluding carboxylic acids is 1. The van der Waals surface area contributed by atoms with Crippen molar-refractivity contribution in [3.05, 3.63) is 106 Å². The summed E-state index contributed by atoms with van der Waals surface area (Å²) in [5.41, 5.74) is 3.10. The third kappa shape index (κ3) is 4.17. The largest absolute Gasteiger partial charge is 0.465 e. The Morgan fingerprint density at radius 2 is 1.72 bits per heavy atom. The van der Waals surface area contributed by atoms with Crippen LogP contribution in [0.25, 0.3) is 16.6 Å². The minimum atomic E-state index is -0.394. The summed E-state index contributed by atoms with van der Waals surface area (Å²) >= 11 is 0. The summed E-state index contributed by atoms with van der Waals surface area (Å²) in [7, 11) is 1.35. The third-order valence-corrected chi connectivity index (χ3v) is 5.10. The van der Waals surface area contributed by atoms with Crippen LogP contribution in [0.4, 0.5) is 0 Å². The predicted molar refractivity (Wildman–Crippen MR) is 125 cm³/mol. The lowest BCUT2D eigenvalue weighted by Crippen LogP contribution is -2.24. The average Bonchev–Trinajstić information content (AvgIpc) is 2.83. The fraction of sp³-hybridized carbons (Fsp3) is 0.148. The van der Waals surface area contributed by atoms with Crippen LogP contribution in [0.15, 0.2) is 77.6 Å². The molecule has 32 heavy (non-hydrogen) atoms. The minimum absolute atomic E-state index is 0.129. The van der Waals surface area contributed by atoms with E-state index in [4.69, 9.17) is 9.72 Å². The van der Waals surface area contributed by atoms with Gasteiger partial charge >= 0.3 is 5.97 Å². The molecule has 0 N–H and O–H groups in total. The highest BCUT2D eigenvalue weighted by molar-refractivity contribution is 5.89. The second-order valence-electron chi connectivity index (χ2n) is 7.27. The highest BCUT2D eigenvalue weighted by Gasteiger charge is 2.14. The zero-order valence-corrected chi connectivity index (χ0v) is 18.0. The Bertz CT molecular complexity index is 1390. The summed E-state index contributed by atoms with van der Waals surface area (Å²) in [6.45, 7) is 2.07. The Kier molecular flexibility index (Phi) is 6.14. The van der Waals surface area contributed by atoms with Crippen LogP contribution in [-0.4, -0.2) is 22.6 Å². The highest BCUT2D eigenvalue weighted by Crippen LogP contribution is 2.17. The highest BCUT2D eigenvalue weighted by atomic mass is 16.5. The molecule has 0 amide bonds. The van der Waals surface area contributed by atoms with E-state index in [1.54, 1.807) is 28.8 Å². The van der Waals surface area contributed by atoms with Crippen molar-refractivity contribution in [2.24, 2.45) is 0 Å². The van der Waals surface area contributed by atoms with Gasteiger partial charge in [0.2, 0.25) is 0 Å². The van der Waals surface area contributed by atoms with Crippen LogP contribution in [-0.2, 0) is 11.2 Å². The number of carbonyl (C=O) groups is 1. The van der Waals surface area contributed by atoms with Gasteiger partial charge in [0.05, 0.1) is 29.3 Å². The summed E-state index contributed by atoms with van der Waals surface area (Å²) in [6, 6.07) is 21.9. The van der Waals surface area contributed by atoms with Crippen molar-refractivity contribution in [3.63, 3.8) is 0 Å². The van der Waals surface area contributed by atoms with E-state index in [9.17, 15) is 9.59 Å². The standard InChI is InChI=1S/C27H22N2O3/c1-3-8-24-28-23-12-7-9-20(16-13-19-14-17-21(18-15-19)27(31)32-2)25(23)26(30)29(24)22-10-5-4-6-11-22/h4-7,9-12,14-15,17-18H,3,8H2,1-2H3. The van der Waals surface area contributed by atoms with Gasteiger partial charge in [0.25, 0.3) is 5.56 Å². The Labute approximate surface area is 186 Å². The molecule has 158 valence electrons. The molecule has 0 bridgehead atoms. The molecule has 0 aliphatic carbocycles. The Hall–Kier alpha value is -4.17. The SMILES string of the molecule is CCCc1nc2cccc(C#Cc3ccc(C(=O)OC)cc3)c2c(=O)n1-c1ccccc1. The van der Waals surface area contributed by atoms with Crippen LogP contribution in [0.3, 0.4) is 0 Å². The van der Waals surface area contributed by atoms with Gasteiger partial charge in [-0.05, 0) is 55.0 Å². The van der Waals surface area contributed by atoms with Crippen LogP contribution in [0.2, 0.25) is 0 Å². The molecule has 0 saturated heterocycles. The molecule has 1 aromatic heterocycles. The first-order valence-corrected chi connectivity index (χ1v) is 10.4. The van der Waals surface area contributed by atoms with Crippen LogP contribution in [0, 0.1) is 11.8 Å². The molecule has 0 saturated carbocycles. The van der Waals surface area contributed by atoms with Crippen molar-refractivity contribution in [2.75, 3.05) is 7.11 Å². The zero-order valence-electron chi connectivity index (χ0n) is 18.0. The van der Waals surface area contributed by atoms with Crippen LogP contribution in [0.5, 0.6) is 0 Å².